The number of carbonyl (C=O) groups excluding carboxylic acids is 1. The Morgan fingerprint density at radius 1 is 1.04 bits per heavy atom. The number of amides is 1. The van der Waals surface area contributed by atoms with Crippen molar-refractivity contribution in [2.45, 2.75) is 26.2 Å². The SMILES string of the molecule is Cc1cccc(-n2cc(Cl)c3cc(C(=O)N4CCCCC4)ccc32)c1. The van der Waals surface area contributed by atoms with Gasteiger partial charge in [0, 0.05) is 35.9 Å². The van der Waals surface area contributed by atoms with Crippen LogP contribution in [0.25, 0.3) is 16.6 Å². The van der Waals surface area contributed by atoms with Crippen molar-refractivity contribution in [3.63, 3.8) is 0 Å². The second-order valence-electron chi connectivity index (χ2n) is 6.77. The smallest absolute Gasteiger partial charge is 0.253 e. The van der Waals surface area contributed by atoms with E-state index in [4.69, 9.17) is 11.6 Å². The highest BCUT2D eigenvalue weighted by Crippen LogP contribution is 2.30. The number of benzene rings is 2. The van der Waals surface area contributed by atoms with E-state index < -0.39 is 0 Å². The molecule has 4 heteroatoms. The number of halogens is 1. The van der Waals surface area contributed by atoms with Gasteiger partial charge in [-0.25, -0.2) is 0 Å². The van der Waals surface area contributed by atoms with Gasteiger partial charge in [-0.1, -0.05) is 23.7 Å². The van der Waals surface area contributed by atoms with Crippen LogP contribution in [0.5, 0.6) is 0 Å². The molecule has 1 aliphatic heterocycles. The van der Waals surface area contributed by atoms with Crippen molar-refractivity contribution in [1.82, 2.24) is 9.47 Å². The summed E-state index contributed by atoms with van der Waals surface area (Å²) in [5, 5.41) is 1.59. The highest BCUT2D eigenvalue weighted by Gasteiger charge is 2.19. The molecule has 0 N–H and O–H groups in total. The van der Waals surface area contributed by atoms with Gasteiger partial charge in [-0.05, 0) is 62.1 Å². The van der Waals surface area contributed by atoms with Crippen molar-refractivity contribution in [2.24, 2.45) is 0 Å². The molecule has 0 bridgehead atoms. The van der Waals surface area contributed by atoms with Crippen LogP contribution in [0.1, 0.15) is 35.2 Å². The number of piperidine rings is 1. The van der Waals surface area contributed by atoms with E-state index in [9.17, 15) is 4.79 Å². The van der Waals surface area contributed by atoms with Crippen molar-refractivity contribution in [3.05, 3.63) is 64.8 Å². The Morgan fingerprint density at radius 3 is 2.60 bits per heavy atom. The zero-order valence-electron chi connectivity index (χ0n) is 14.3. The summed E-state index contributed by atoms with van der Waals surface area (Å²) in [6.07, 6.45) is 5.33. The molecule has 1 fully saturated rings. The molecular formula is C21H21ClN2O. The molecule has 0 saturated carbocycles. The van der Waals surface area contributed by atoms with E-state index >= 15 is 0 Å². The van der Waals surface area contributed by atoms with Gasteiger partial charge in [0.15, 0.2) is 0 Å². The lowest BCUT2D eigenvalue weighted by molar-refractivity contribution is 0.0724. The van der Waals surface area contributed by atoms with E-state index in [1.54, 1.807) is 0 Å². The lowest BCUT2D eigenvalue weighted by Crippen LogP contribution is -2.35. The van der Waals surface area contributed by atoms with E-state index in [1.807, 2.05) is 35.4 Å². The topological polar surface area (TPSA) is 25.2 Å². The maximum atomic E-state index is 12.8. The van der Waals surface area contributed by atoms with Gasteiger partial charge in [0.1, 0.15) is 0 Å². The summed E-state index contributed by atoms with van der Waals surface area (Å²) in [7, 11) is 0. The number of hydrogen-bond donors (Lipinski definition) is 0. The zero-order chi connectivity index (χ0) is 17.4. The number of hydrogen-bond acceptors (Lipinski definition) is 1. The minimum absolute atomic E-state index is 0.112. The number of aryl methyl sites for hydroxylation is 1. The van der Waals surface area contributed by atoms with Gasteiger partial charge in [-0.3, -0.25) is 4.79 Å². The summed E-state index contributed by atoms with van der Waals surface area (Å²) in [5.41, 5.74) is 4.02. The summed E-state index contributed by atoms with van der Waals surface area (Å²) in [5.74, 6) is 0.112. The average Bonchev–Trinajstić information content (AvgIpc) is 2.98. The molecule has 1 aliphatic rings. The minimum Gasteiger partial charge on any atom is -0.339 e. The van der Waals surface area contributed by atoms with Crippen LogP contribution in [0.15, 0.2) is 48.7 Å². The summed E-state index contributed by atoms with van der Waals surface area (Å²) < 4.78 is 2.08. The number of likely N-dealkylation sites (tertiary alicyclic amines) is 1. The first-order valence-electron chi connectivity index (χ1n) is 8.80. The van der Waals surface area contributed by atoms with Crippen LogP contribution in [-0.4, -0.2) is 28.5 Å². The number of aromatic nitrogens is 1. The Hall–Kier alpha value is -2.26. The third-order valence-corrected chi connectivity index (χ3v) is 5.23. The number of nitrogens with zero attached hydrogens (tertiary/aromatic N) is 2. The van der Waals surface area contributed by atoms with Crippen LogP contribution >= 0.6 is 11.6 Å². The molecule has 4 rings (SSSR count). The normalized spacial score (nSPS) is 14.9. The lowest BCUT2D eigenvalue weighted by Gasteiger charge is -2.26. The molecule has 0 aliphatic carbocycles. The molecule has 25 heavy (non-hydrogen) atoms. The van der Waals surface area contributed by atoms with E-state index in [1.165, 1.54) is 12.0 Å². The fraction of sp³-hybridized carbons (Fsp3) is 0.286. The van der Waals surface area contributed by atoms with Crippen LogP contribution in [0, 0.1) is 6.92 Å². The Labute approximate surface area is 152 Å². The second-order valence-corrected chi connectivity index (χ2v) is 7.18. The first kappa shape index (κ1) is 16.2. The van der Waals surface area contributed by atoms with E-state index in [-0.39, 0.29) is 5.91 Å². The molecule has 3 nitrogen and oxygen atoms in total. The van der Waals surface area contributed by atoms with Crippen molar-refractivity contribution < 1.29 is 4.79 Å². The molecule has 0 atom stereocenters. The third kappa shape index (κ3) is 3.05. The van der Waals surface area contributed by atoms with Crippen molar-refractivity contribution in [1.29, 1.82) is 0 Å². The summed E-state index contributed by atoms with van der Waals surface area (Å²) in [6, 6.07) is 14.2. The standard InChI is InChI=1S/C21H21ClN2O/c1-15-6-5-7-17(12-15)24-14-19(22)18-13-16(8-9-20(18)24)21(25)23-10-3-2-4-11-23/h5-9,12-14H,2-4,10-11H2,1H3. The third-order valence-electron chi connectivity index (χ3n) is 4.93. The van der Waals surface area contributed by atoms with Crippen LogP contribution < -0.4 is 0 Å². The Balaban J connectivity index is 1.74. The lowest BCUT2D eigenvalue weighted by atomic mass is 10.1. The molecule has 0 radical (unpaired) electrons. The van der Waals surface area contributed by atoms with Crippen LogP contribution in [-0.2, 0) is 0 Å². The maximum absolute atomic E-state index is 12.8. The summed E-state index contributed by atoms with van der Waals surface area (Å²) >= 11 is 6.48. The second kappa shape index (κ2) is 6.57. The van der Waals surface area contributed by atoms with E-state index in [0.29, 0.717) is 5.02 Å². The zero-order valence-corrected chi connectivity index (χ0v) is 15.1. The van der Waals surface area contributed by atoms with Crippen LogP contribution in [0.4, 0.5) is 0 Å². The largest absolute Gasteiger partial charge is 0.339 e. The van der Waals surface area contributed by atoms with Crippen LogP contribution in [0.2, 0.25) is 5.02 Å². The number of fused-ring (bicyclic) bond motifs is 1. The van der Waals surface area contributed by atoms with Crippen molar-refractivity contribution in [2.75, 3.05) is 13.1 Å². The molecule has 1 saturated heterocycles. The number of carbonyl (C=O) groups is 1. The fourth-order valence-corrected chi connectivity index (χ4v) is 3.84. The van der Waals surface area contributed by atoms with E-state index in [0.717, 1.165) is 48.1 Å². The molecule has 128 valence electrons. The molecule has 3 aromatic rings. The molecule has 1 amide bonds. The Morgan fingerprint density at radius 2 is 1.84 bits per heavy atom. The first-order chi connectivity index (χ1) is 12.1. The summed E-state index contributed by atoms with van der Waals surface area (Å²) in [6.45, 7) is 3.79. The molecule has 0 unspecified atom stereocenters. The van der Waals surface area contributed by atoms with Crippen molar-refractivity contribution in [3.8, 4) is 5.69 Å². The molecular weight excluding hydrogens is 332 g/mol. The minimum atomic E-state index is 0.112. The molecule has 2 heterocycles. The van der Waals surface area contributed by atoms with Gasteiger partial charge in [-0.2, -0.15) is 0 Å². The molecule has 1 aromatic heterocycles. The van der Waals surface area contributed by atoms with Gasteiger partial charge in [-0.15, -0.1) is 0 Å². The Bertz CT molecular complexity index is 938. The highest BCUT2D eigenvalue weighted by molar-refractivity contribution is 6.35. The van der Waals surface area contributed by atoms with Crippen molar-refractivity contribution >= 4 is 28.4 Å². The number of rotatable bonds is 2. The van der Waals surface area contributed by atoms with E-state index in [2.05, 4.69) is 29.7 Å². The van der Waals surface area contributed by atoms with Gasteiger partial charge < -0.3 is 9.47 Å². The maximum Gasteiger partial charge on any atom is 0.253 e. The average molecular weight is 353 g/mol. The summed E-state index contributed by atoms with van der Waals surface area (Å²) in [4.78, 5) is 14.7. The highest BCUT2D eigenvalue weighted by atomic mass is 35.5. The first-order valence-corrected chi connectivity index (χ1v) is 9.18. The van der Waals surface area contributed by atoms with Gasteiger partial charge in [0.25, 0.3) is 5.91 Å². The van der Waals surface area contributed by atoms with Gasteiger partial charge in [0.05, 0.1) is 10.5 Å². The fourth-order valence-electron chi connectivity index (χ4n) is 3.59. The van der Waals surface area contributed by atoms with Gasteiger partial charge in [0.2, 0.25) is 0 Å². The molecule has 0 spiro atoms. The van der Waals surface area contributed by atoms with Crippen LogP contribution in [0.3, 0.4) is 0 Å². The predicted molar refractivity (Wildman–Crippen MR) is 103 cm³/mol. The quantitative estimate of drug-likeness (QED) is 0.620. The Kier molecular flexibility index (Phi) is 4.26. The molecule has 2 aromatic carbocycles. The monoisotopic (exact) mass is 352 g/mol. The van der Waals surface area contributed by atoms with Gasteiger partial charge >= 0.3 is 0 Å². The predicted octanol–water partition coefficient (Wildman–Crippen LogP) is 5.22.